The lowest BCUT2D eigenvalue weighted by Crippen LogP contribution is -2.45. The van der Waals surface area contributed by atoms with E-state index in [-0.39, 0.29) is 11.8 Å². The van der Waals surface area contributed by atoms with Gasteiger partial charge in [0.05, 0.1) is 16.1 Å². The van der Waals surface area contributed by atoms with Gasteiger partial charge in [-0.15, -0.1) is 11.3 Å². The number of rotatable bonds is 7. The molecule has 3 rings (SSSR count). The van der Waals surface area contributed by atoms with Crippen LogP contribution in [0.2, 0.25) is 0 Å². The van der Waals surface area contributed by atoms with Gasteiger partial charge in [-0.25, -0.2) is 4.68 Å². The van der Waals surface area contributed by atoms with Gasteiger partial charge in [0, 0.05) is 12.7 Å². The highest BCUT2D eigenvalue weighted by atomic mass is 32.1. The van der Waals surface area contributed by atoms with Crippen molar-refractivity contribution in [3.8, 4) is 16.3 Å². The van der Waals surface area contributed by atoms with Crippen LogP contribution in [0.25, 0.3) is 16.3 Å². The molecule has 140 valence electrons. The van der Waals surface area contributed by atoms with Crippen molar-refractivity contribution in [2.75, 3.05) is 6.54 Å². The molecule has 0 bridgehead atoms. The van der Waals surface area contributed by atoms with E-state index >= 15 is 0 Å². The first-order valence-electron chi connectivity index (χ1n) is 8.87. The molecule has 0 saturated heterocycles. The van der Waals surface area contributed by atoms with Crippen LogP contribution in [0, 0.1) is 0 Å². The van der Waals surface area contributed by atoms with Crippen LogP contribution in [0.4, 0.5) is 0 Å². The van der Waals surface area contributed by atoms with Gasteiger partial charge in [-0.1, -0.05) is 31.2 Å². The lowest BCUT2D eigenvalue weighted by Gasteiger charge is -2.13. The van der Waals surface area contributed by atoms with Crippen molar-refractivity contribution in [2.24, 2.45) is 0 Å². The maximum atomic E-state index is 12.9. The zero-order chi connectivity index (χ0) is 19.2. The summed E-state index contributed by atoms with van der Waals surface area (Å²) >= 11 is 1.52. The monoisotopic (exact) mass is 382 g/mol. The van der Waals surface area contributed by atoms with E-state index in [1.165, 1.54) is 11.3 Å². The van der Waals surface area contributed by atoms with Crippen LogP contribution in [0.3, 0.4) is 0 Å². The number of nitrogens with one attached hydrogen (secondary N) is 2. The number of hydrogen-bond acceptors (Lipinski definition) is 4. The summed E-state index contributed by atoms with van der Waals surface area (Å²) in [6.45, 7) is 4.25. The average molecular weight is 382 g/mol. The molecule has 27 heavy (non-hydrogen) atoms. The standard InChI is InChI=1S/C20H22N4O2S/c1-3-11-21-19(25)14(2)22-20(26)16-13-24(15-8-5-4-6-9-15)23-18(16)17-10-7-12-27-17/h4-10,12-14H,3,11H2,1-2H3,(H,21,25)(H,22,26)/t14-/m1/s1. The minimum atomic E-state index is -0.625. The summed E-state index contributed by atoms with van der Waals surface area (Å²) in [5.41, 5.74) is 1.91. The Hall–Kier alpha value is -2.93. The molecule has 7 heteroatoms. The Bertz CT molecular complexity index is 903. The minimum absolute atomic E-state index is 0.196. The second-order valence-electron chi connectivity index (χ2n) is 6.13. The first-order valence-corrected chi connectivity index (χ1v) is 9.75. The first kappa shape index (κ1) is 18.8. The fourth-order valence-electron chi connectivity index (χ4n) is 2.59. The first-order chi connectivity index (χ1) is 13.1. The molecule has 0 unspecified atom stereocenters. The lowest BCUT2D eigenvalue weighted by atomic mass is 10.2. The molecule has 1 aromatic carbocycles. The Labute approximate surface area is 162 Å². The zero-order valence-corrected chi connectivity index (χ0v) is 16.1. The minimum Gasteiger partial charge on any atom is -0.354 e. The molecule has 2 aromatic heterocycles. The highest BCUT2D eigenvalue weighted by Crippen LogP contribution is 2.27. The van der Waals surface area contributed by atoms with Crippen LogP contribution >= 0.6 is 11.3 Å². The number of hydrogen-bond donors (Lipinski definition) is 2. The van der Waals surface area contributed by atoms with Gasteiger partial charge in [0.25, 0.3) is 5.91 Å². The zero-order valence-electron chi connectivity index (χ0n) is 15.3. The Morgan fingerprint density at radius 2 is 1.96 bits per heavy atom. The number of carbonyl (C=O) groups excluding carboxylic acids is 2. The van der Waals surface area contributed by atoms with Crippen molar-refractivity contribution < 1.29 is 9.59 Å². The summed E-state index contributed by atoms with van der Waals surface area (Å²) < 4.78 is 1.69. The smallest absolute Gasteiger partial charge is 0.255 e. The third-order valence-corrected chi connectivity index (χ3v) is 4.90. The third kappa shape index (κ3) is 4.43. The van der Waals surface area contributed by atoms with Gasteiger partial charge in [-0.3, -0.25) is 9.59 Å². The van der Waals surface area contributed by atoms with Gasteiger partial charge in [-0.2, -0.15) is 5.10 Å². The summed E-state index contributed by atoms with van der Waals surface area (Å²) in [7, 11) is 0. The van der Waals surface area contributed by atoms with E-state index in [0.717, 1.165) is 17.0 Å². The number of benzene rings is 1. The lowest BCUT2D eigenvalue weighted by molar-refractivity contribution is -0.122. The van der Waals surface area contributed by atoms with Gasteiger partial charge < -0.3 is 10.6 Å². The van der Waals surface area contributed by atoms with E-state index in [1.54, 1.807) is 17.8 Å². The van der Waals surface area contributed by atoms with Crippen molar-refractivity contribution in [3.05, 3.63) is 59.6 Å². The number of nitrogens with zero attached hydrogens (tertiary/aromatic N) is 2. The normalized spacial score (nSPS) is 11.8. The molecule has 2 amide bonds. The van der Waals surface area contributed by atoms with E-state index < -0.39 is 6.04 Å². The number of thiophene rings is 1. The molecule has 0 saturated carbocycles. The van der Waals surface area contributed by atoms with Crippen LogP contribution in [-0.4, -0.2) is 34.2 Å². The summed E-state index contributed by atoms with van der Waals surface area (Å²) in [5.74, 6) is -0.516. The summed E-state index contributed by atoms with van der Waals surface area (Å²) in [6.07, 6.45) is 2.55. The molecule has 0 aliphatic rings. The molecule has 2 heterocycles. The van der Waals surface area contributed by atoms with Crippen molar-refractivity contribution in [1.82, 2.24) is 20.4 Å². The van der Waals surface area contributed by atoms with Gasteiger partial charge in [0.15, 0.2) is 0 Å². The highest BCUT2D eigenvalue weighted by Gasteiger charge is 2.22. The van der Waals surface area contributed by atoms with Gasteiger partial charge >= 0.3 is 0 Å². The SMILES string of the molecule is CCCNC(=O)[C@@H](C)NC(=O)c1cn(-c2ccccc2)nc1-c1cccs1. The Kier molecular flexibility index (Phi) is 6.03. The maximum absolute atomic E-state index is 12.9. The molecular formula is C20H22N4O2S. The fraction of sp³-hybridized carbons (Fsp3) is 0.250. The van der Waals surface area contributed by atoms with Gasteiger partial charge in [0.2, 0.25) is 5.91 Å². The Morgan fingerprint density at radius 1 is 1.19 bits per heavy atom. The molecule has 0 radical (unpaired) electrons. The van der Waals surface area contributed by atoms with Crippen LogP contribution in [0.15, 0.2) is 54.0 Å². The largest absolute Gasteiger partial charge is 0.354 e. The molecular weight excluding hydrogens is 360 g/mol. The molecule has 0 fully saturated rings. The third-order valence-electron chi connectivity index (χ3n) is 4.02. The van der Waals surface area contributed by atoms with Crippen LogP contribution in [-0.2, 0) is 4.79 Å². The highest BCUT2D eigenvalue weighted by molar-refractivity contribution is 7.13. The number of amides is 2. The van der Waals surface area contributed by atoms with E-state index in [1.807, 2.05) is 54.8 Å². The predicted octanol–water partition coefficient (Wildman–Crippen LogP) is 3.25. The molecule has 0 aliphatic carbocycles. The molecule has 1 atom stereocenters. The quantitative estimate of drug-likeness (QED) is 0.659. The number of aromatic nitrogens is 2. The van der Waals surface area contributed by atoms with E-state index in [9.17, 15) is 9.59 Å². The second kappa shape index (κ2) is 8.64. The molecule has 2 N–H and O–H groups in total. The van der Waals surface area contributed by atoms with Crippen molar-refractivity contribution in [3.63, 3.8) is 0 Å². The molecule has 3 aromatic rings. The van der Waals surface area contributed by atoms with Crippen LogP contribution in [0.1, 0.15) is 30.6 Å². The molecule has 0 spiro atoms. The van der Waals surface area contributed by atoms with E-state index in [4.69, 9.17) is 0 Å². The predicted molar refractivity (Wildman–Crippen MR) is 107 cm³/mol. The van der Waals surface area contributed by atoms with Gasteiger partial charge in [0.1, 0.15) is 11.7 Å². The topological polar surface area (TPSA) is 76.0 Å². The summed E-state index contributed by atoms with van der Waals surface area (Å²) in [6, 6.07) is 12.8. The Morgan fingerprint density at radius 3 is 2.63 bits per heavy atom. The fourth-order valence-corrected chi connectivity index (χ4v) is 3.31. The van der Waals surface area contributed by atoms with Crippen molar-refractivity contribution in [1.29, 1.82) is 0 Å². The molecule has 6 nitrogen and oxygen atoms in total. The number of carbonyl (C=O) groups is 2. The van der Waals surface area contributed by atoms with Crippen LogP contribution < -0.4 is 10.6 Å². The Balaban J connectivity index is 1.88. The van der Waals surface area contributed by atoms with Crippen molar-refractivity contribution in [2.45, 2.75) is 26.3 Å². The number of para-hydroxylation sites is 1. The van der Waals surface area contributed by atoms with Crippen molar-refractivity contribution >= 4 is 23.2 Å². The summed E-state index contributed by atoms with van der Waals surface area (Å²) in [5, 5.41) is 12.1. The van der Waals surface area contributed by atoms with Crippen LogP contribution in [0.5, 0.6) is 0 Å². The van der Waals surface area contributed by atoms with Gasteiger partial charge in [-0.05, 0) is 36.9 Å². The average Bonchev–Trinajstić information content (AvgIpc) is 3.36. The maximum Gasteiger partial charge on any atom is 0.255 e. The molecule has 0 aliphatic heterocycles. The second-order valence-corrected chi connectivity index (χ2v) is 7.08. The van der Waals surface area contributed by atoms with E-state index in [2.05, 4.69) is 15.7 Å². The summed E-state index contributed by atoms with van der Waals surface area (Å²) in [4.78, 5) is 25.8. The van der Waals surface area contributed by atoms with E-state index in [0.29, 0.717) is 17.8 Å².